The number of carboxylic acids is 1. The second kappa shape index (κ2) is 11.5. The number of carbonyl (C=O) groups excluding carboxylic acids is 3. The van der Waals surface area contributed by atoms with Crippen molar-refractivity contribution in [3.8, 4) is 5.75 Å². The molecule has 1 heterocycles. The second-order valence-corrected chi connectivity index (χ2v) is 9.33. The van der Waals surface area contributed by atoms with Gasteiger partial charge in [0.2, 0.25) is 0 Å². The predicted octanol–water partition coefficient (Wildman–Crippen LogP) is 4.71. The summed E-state index contributed by atoms with van der Waals surface area (Å²) in [6.45, 7) is 0.0973. The van der Waals surface area contributed by atoms with Crippen molar-refractivity contribution in [3.05, 3.63) is 98.9 Å². The quantitative estimate of drug-likeness (QED) is 0.184. The number of hydrogen-bond acceptors (Lipinski definition) is 5. The molecular weight excluding hydrogens is 552 g/mol. The standard InChI is InChI=1S/C27H20Cl2FN3O6/c28-17-9-14(25(36)31-12-13-4-3-5-15(34)8-13)10-18(29)22(17)21(35)11-20(27(38)39)33-26(37)24-23(30)16-6-1-2-7-19(16)32-24/h1-10,20,32,34H,11-12H2,(H,31,36)(H,33,37)(H,38,39)/t20-/m0/s1. The van der Waals surface area contributed by atoms with Gasteiger partial charge in [-0.05, 0) is 42.0 Å². The highest BCUT2D eigenvalue weighted by Crippen LogP contribution is 2.29. The van der Waals surface area contributed by atoms with Gasteiger partial charge in [-0.2, -0.15) is 0 Å². The first kappa shape index (κ1) is 27.6. The molecule has 0 fully saturated rings. The molecule has 4 rings (SSSR count). The number of nitrogens with one attached hydrogen (secondary N) is 3. The molecule has 39 heavy (non-hydrogen) atoms. The number of amides is 2. The molecule has 0 spiro atoms. The maximum absolute atomic E-state index is 14.7. The number of aliphatic carboxylic acids is 1. The molecule has 0 aliphatic rings. The molecule has 0 saturated heterocycles. The number of Topliss-reactive ketones (excluding diaryl/α,β-unsaturated/α-hetero) is 1. The van der Waals surface area contributed by atoms with E-state index in [-0.39, 0.29) is 38.9 Å². The average Bonchev–Trinajstić information content (AvgIpc) is 3.23. The van der Waals surface area contributed by atoms with Gasteiger partial charge in [-0.25, -0.2) is 9.18 Å². The number of halogens is 3. The van der Waals surface area contributed by atoms with Gasteiger partial charge in [0.25, 0.3) is 11.8 Å². The Morgan fingerprint density at radius 3 is 2.28 bits per heavy atom. The minimum Gasteiger partial charge on any atom is -0.508 e. The zero-order chi connectivity index (χ0) is 28.3. The molecular formula is C27H20Cl2FN3O6. The second-order valence-electron chi connectivity index (χ2n) is 8.52. The third-order valence-corrected chi connectivity index (χ3v) is 6.41. The molecule has 0 aliphatic carbocycles. The molecule has 0 bridgehead atoms. The number of carbonyl (C=O) groups is 4. The molecule has 0 saturated carbocycles. The maximum atomic E-state index is 14.7. The van der Waals surface area contributed by atoms with Gasteiger partial charge in [-0.15, -0.1) is 0 Å². The summed E-state index contributed by atoms with van der Waals surface area (Å²) in [5, 5.41) is 23.7. The smallest absolute Gasteiger partial charge is 0.326 e. The van der Waals surface area contributed by atoms with Crippen LogP contribution in [-0.4, -0.2) is 44.8 Å². The highest BCUT2D eigenvalue weighted by Gasteiger charge is 2.29. The number of para-hydroxylation sites is 1. The van der Waals surface area contributed by atoms with Gasteiger partial charge >= 0.3 is 5.97 Å². The van der Waals surface area contributed by atoms with Crippen LogP contribution in [0, 0.1) is 5.82 Å². The number of H-pyrrole nitrogens is 1. The molecule has 3 aromatic carbocycles. The predicted molar refractivity (Wildman–Crippen MR) is 142 cm³/mol. The van der Waals surface area contributed by atoms with Crippen molar-refractivity contribution >= 4 is 57.7 Å². The lowest BCUT2D eigenvalue weighted by atomic mass is 10.0. The number of aromatic amines is 1. The highest BCUT2D eigenvalue weighted by atomic mass is 35.5. The lowest BCUT2D eigenvalue weighted by Crippen LogP contribution is -2.42. The van der Waals surface area contributed by atoms with Gasteiger partial charge in [0.1, 0.15) is 17.5 Å². The fourth-order valence-corrected chi connectivity index (χ4v) is 4.60. The van der Waals surface area contributed by atoms with E-state index in [0.717, 1.165) is 0 Å². The summed E-state index contributed by atoms with van der Waals surface area (Å²) in [5.41, 5.74) is 0.306. The van der Waals surface area contributed by atoms with Crippen molar-refractivity contribution in [2.24, 2.45) is 0 Å². The Labute approximate surface area is 230 Å². The van der Waals surface area contributed by atoms with E-state index >= 15 is 0 Å². The number of ketones is 1. The lowest BCUT2D eigenvalue weighted by Gasteiger charge is -2.15. The van der Waals surface area contributed by atoms with Crippen molar-refractivity contribution in [3.63, 3.8) is 0 Å². The Morgan fingerprint density at radius 1 is 0.949 bits per heavy atom. The highest BCUT2D eigenvalue weighted by molar-refractivity contribution is 6.40. The van der Waals surface area contributed by atoms with E-state index in [1.54, 1.807) is 30.3 Å². The van der Waals surface area contributed by atoms with E-state index in [0.29, 0.717) is 11.1 Å². The largest absolute Gasteiger partial charge is 0.508 e. The SMILES string of the molecule is O=C(NCc1cccc(O)c1)c1cc(Cl)c(C(=O)C[C@H](NC(=O)c2[nH]c3ccccc3c2F)C(=O)O)c(Cl)c1. The molecule has 0 unspecified atom stereocenters. The summed E-state index contributed by atoms with van der Waals surface area (Å²) in [7, 11) is 0. The number of phenolic OH excluding ortho intramolecular Hbond substituents is 1. The molecule has 1 aromatic heterocycles. The monoisotopic (exact) mass is 571 g/mol. The Balaban J connectivity index is 1.47. The summed E-state index contributed by atoms with van der Waals surface area (Å²) in [5.74, 6) is -4.79. The molecule has 0 radical (unpaired) electrons. The van der Waals surface area contributed by atoms with Crippen LogP contribution in [0.3, 0.4) is 0 Å². The maximum Gasteiger partial charge on any atom is 0.326 e. The van der Waals surface area contributed by atoms with Crippen molar-refractivity contribution < 1.29 is 33.8 Å². The van der Waals surface area contributed by atoms with Crippen LogP contribution in [0.5, 0.6) is 5.75 Å². The van der Waals surface area contributed by atoms with Gasteiger partial charge in [0, 0.05) is 29.4 Å². The van der Waals surface area contributed by atoms with Gasteiger partial charge in [-0.1, -0.05) is 47.5 Å². The molecule has 2 amide bonds. The van der Waals surface area contributed by atoms with Crippen molar-refractivity contribution in [1.29, 1.82) is 0 Å². The summed E-state index contributed by atoms with van der Waals surface area (Å²) >= 11 is 12.5. The van der Waals surface area contributed by atoms with Crippen LogP contribution in [0.2, 0.25) is 10.0 Å². The van der Waals surface area contributed by atoms with Gasteiger partial charge in [0.05, 0.1) is 15.6 Å². The first-order chi connectivity index (χ1) is 18.5. The Hall–Kier alpha value is -4.41. The number of carboxylic acid groups (broad SMARTS) is 1. The van der Waals surface area contributed by atoms with E-state index in [9.17, 15) is 33.8 Å². The minimum absolute atomic E-state index is 0.0398. The lowest BCUT2D eigenvalue weighted by molar-refractivity contribution is -0.139. The zero-order valence-corrected chi connectivity index (χ0v) is 21.4. The molecule has 4 aromatic rings. The first-order valence-electron chi connectivity index (χ1n) is 11.4. The summed E-state index contributed by atoms with van der Waals surface area (Å²) in [6.07, 6.45) is -0.745. The third kappa shape index (κ3) is 6.19. The van der Waals surface area contributed by atoms with E-state index in [4.69, 9.17) is 23.2 Å². The fourth-order valence-electron chi connectivity index (χ4n) is 3.90. The zero-order valence-electron chi connectivity index (χ0n) is 19.9. The van der Waals surface area contributed by atoms with Gasteiger partial charge < -0.3 is 25.8 Å². The fraction of sp³-hybridized carbons (Fsp3) is 0.111. The average molecular weight is 572 g/mol. The van der Waals surface area contributed by atoms with Crippen LogP contribution in [0.1, 0.15) is 43.2 Å². The summed E-state index contributed by atoms with van der Waals surface area (Å²) in [6, 6.07) is 13.2. The number of benzene rings is 3. The van der Waals surface area contributed by atoms with Crippen LogP contribution in [0.15, 0.2) is 60.7 Å². The molecule has 9 nitrogen and oxygen atoms in total. The van der Waals surface area contributed by atoms with E-state index < -0.39 is 47.5 Å². The summed E-state index contributed by atoms with van der Waals surface area (Å²) in [4.78, 5) is 52.6. The number of aromatic hydroxyl groups is 1. The Morgan fingerprint density at radius 2 is 1.64 bits per heavy atom. The number of hydrogen-bond donors (Lipinski definition) is 5. The van der Waals surface area contributed by atoms with Gasteiger partial charge in [-0.3, -0.25) is 14.4 Å². The van der Waals surface area contributed by atoms with E-state index in [1.165, 1.54) is 30.3 Å². The van der Waals surface area contributed by atoms with Crippen molar-refractivity contribution in [2.45, 2.75) is 19.0 Å². The summed E-state index contributed by atoms with van der Waals surface area (Å²) < 4.78 is 14.7. The van der Waals surface area contributed by atoms with Crippen LogP contribution < -0.4 is 10.6 Å². The number of aromatic nitrogens is 1. The number of fused-ring (bicyclic) bond motifs is 1. The topological polar surface area (TPSA) is 149 Å². The van der Waals surface area contributed by atoms with E-state index in [1.807, 2.05) is 0 Å². The van der Waals surface area contributed by atoms with Crippen LogP contribution in [-0.2, 0) is 11.3 Å². The molecule has 5 N–H and O–H groups in total. The van der Waals surface area contributed by atoms with E-state index in [2.05, 4.69) is 15.6 Å². The van der Waals surface area contributed by atoms with Crippen LogP contribution in [0.25, 0.3) is 10.9 Å². The van der Waals surface area contributed by atoms with Crippen molar-refractivity contribution in [1.82, 2.24) is 15.6 Å². The third-order valence-electron chi connectivity index (χ3n) is 5.81. The first-order valence-corrected chi connectivity index (χ1v) is 12.2. The van der Waals surface area contributed by atoms with Crippen molar-refractivity contribution in [2.75, 3.05) is 0 Å². The molecule has 1 atom stereocenters. The number of phenols is 1. The molecule has 200 valence electrons. The Bertz CT molecular complexity index is 1600. The Kier molecular flexibility index (Phi) is 8.18. The minimum atomic E-state index is -1.73. The molecule has 0 aliphatic heterocycles. The van der Waals surface area contributed by atoms with Crippen LogP contribution >= 0.6 is 23.2 Å². The van der Waals surface area contributed by atoms with Crippen LogP contribution in [0.4, 0.5) is 4.39 Å². The van der Waals surface area contributed by atoms with Gasteiger partial charge in [0.15, 0.2) is 11.6 Å². The number of rotatable bonds is 9. The normalized spacial score (nSPS) is 11.7. The molecule has 12 heteroatoms.